The molecule has 0 atom stereocenters. The molecule has 0 bridgehead atoms. The lowest BCUT2D eigenvalue weighted by molar-refractivity contribution is 0.197. The lowest BCUT2D eigenvalue weighted by Gasteiger charge is -2.11. The highest BCUT2D eigenvalue weighted by Gasteiger charge is 2.12. The second-order valence-electron chi connectivity index (χ2n) is 4.66. The first-order valence-electron chi connectivity index (χ1n) is 7.27. The van der Waals surface area contributed by atoms with Crippen molar-refractivity contribution in [2.75, 3.05) is 26.4 Å². The van der Waals surface area contributed by atoms with Gasteiger partial charge in [-0.1, -0.05) is 0 Å². The van der Waals surface area contributed by atoms with Gasteiger partial charge in [0.15, 0.2) is 0 Å². The van der Waals surface area contributed by atoms with Crippen molar-refractivity contribution in [3.05, 3.63) is 45.4 Å². The van der Waals surface area contributed by atoms with E-state index in [1.807, 2.05) is 0 Å². The van der Waals surface area contributed by atoms with Crippen LogP contribution in [0.5, 0.6) is 11.5 Å². The molecule has 0 fully saturated rings. The van der Waals surface area contributed by atoms with E-state index in [0.717, 1.165) is 0 Å². The molecule has 0 aliphatic rings. The third-order valence-electron chi connectivity index (χ3n) is 2.95. The third-order valence-corrected chi connectivity index (χ3v) is 3.41. The fourth-order valence-corrected chi connectivity index (χ4v) is 2.19. The number of benzene rings is 1. The van der Waals surface area contributed by atoms with E-state index in [-0.39, 0.29) is 40.8 Å². The normalized spacial score (nSPS) is 12.5. The van der Waals surface area contributed by atoms with Crippen molar-refractivity contribution in [3.63, 3.8) is 0 Å². The third kappa shape index (κ3) is 6.26. The van der Waals surface area contributed by atoms with E-state index in [1.165, 1.54) is 12.1 Å². The fourth-order valence-electron chi connectivity index (χ4n) is 1.91. The molecule has 0 saturated carbocycles. The van der Waals surface area contributed by atoms with E-state index >= 15 is 0 Å². The average molecular weight is 404 g/mol. The van der Waals surface area contributed by atoms with Crippen molar-refractivity contribution < 1.29 is 31.7 Å². The minimum absolute atomic E-state index is 0.0114. The van der Waals surface area contributed by atoms with Crippen LogP contribution in [0.4, 0.5) is 0 Å². The summed E-state index contributed by atoms with van der Waals surface area (Å²) in [6.45, 7) is 12.7. The Morgan fingerprint density at radius 3 is 1.82 bits per heavy atom. The molecule has 0 aromatic heterocycles. The minimum atomic E-state index is -4.68. The largest absolute Gasteiger partial charge is 0.492 e. The van der Waals surface area contributed by atoms with Crippen LogP contribution in [0.2, 0.25) is 0 Å². The van der Waals surface area contributed by atoms with Gasteiger partial charge in [-0.15, -0.1) is 0 Å². The Hall–Kier alpha value is -3.65. The summed E-state index contributed by atoms with van der Waals surface area (Å²) < 4.78 is 44.4. The van der Waals surface area contributed by atoms with Crippen LogP contribution in [0.25, 0.3) is 21.1 Å². The molecule has 0 amide bonds. The summed E-state index contributed by atoms with van der Waals surface area (Å²) in [5, 5.41) is 27.2. The van der Waals surface area contributed by atoms with Crippen molar-refractivity contribution in [1.29, 1.82) is 10.5 Å². The lowest BCUT2D eigenvalue weighted by atomic mass is 10.1. The predicted octanol–water partition coefficient (Wildman–Crippen LogP) is -0.642. The molecule has 0 saturated heterocycles. The Bertz CT molecular complexity index is 1100. The van der Waals surface area contributed by atoms with Gasteiger partial charge >= 0.3 is 10.4 Å². The van der Waals surface area contributed by atoms with E-state index in [4.69, 9.17) is 42.8 Å². The Labute approximate surface area is 160 Å². The number of hydrogen-bond donors (Lipinski definition) is 2. The zero-order chi connectivity index (χ0) is 21.2. The molecule has 0 radical (unpaired) electrons. The van der Waals surface area contributed by atoms with Crippen LogP contribution in [0.3, 0.4) is 0 Å². The van der Waals surface area contributed by atoms with Crippen molar-refractivity contribution in [1.82, 2.24) is 0 Å². The number of hydrogen-bond acceptors (Lipinski definition) is 8. The molecule has 0 aliphatic heterocycles. The van der Waals surface area contributed by atoms with Crippen molar-refractivity contribution in [3.8, 4) is 23.6 Å². The minimum Gasteiger partial charge on any atom is -0.492 e. The number of nitriles is 2. The van der Waals surface area contributed by atoms with Crippen LogP contribution in [0.15, 0.2) is 12.1 Å². The molecule has 2 N–H and O–H groups in total. The quantitative estimate of drug-likeness (QED) is 0.326. The Balaban J connectivity index is 3.63. The maximum Gasteiger partial charge on any atom is 0.397 e. The summed E-state index contributed by atoms with van der Waals surface area (Å²) in [6, 6.07) is 5.70. The topological polar surface area (TPSA) is 159 Å². The number of ether oxygens (including phenoxy) is 2. The van der Waals surface area contributed by atoms with Crippen molar-refractivity contribution in [2.45, 2.75) is 0 Å². The standard InChI is InChI=1S/C16H12N4O7S/c1-19-13(9-17)11-8-16(26-5-6-27-28(22,23)24)12(14(10-18)20-2)7-15(11)25-4-3-21/h7-8,21H,3-6H2,(H,22,23,24). The van der Waals surface area contributed by atoms with Gasteiger partial charge < -0.3 is 14.6 Å². The van der Waals surface area contributed by atoms with Gasteiger partial charge in [0, 0.05) is 10.4 Å². The molecule has 12 heteroatoms. The van der Waals surface area contributed by atoms with Crippen molar-refractivity contribution >= 4 is 21.8 Å². The first kappa shape index (κ1) is 22.4. The predicted molar refractivity (Wildman–Crippen MR) is 92.5 cm³/mol. The fraction of sp³-hybridized carbons (Fsp3) is 0.250. The zero-order valence-electron chi connectivity index (χ0n) is 14.1. The number of aliphatic hydroxyl groups is 1. The van der Waals surface area contributed by atoms with Crippen molar-refractivity contribution in [2.24, 2.45) is 0 Å². The average Bonchev–Trinajstić information content (AvgIpc) is 2.66. The van der Waals surface area contributed by atoms with Gasteiger partial charge in [0.05, 0.1) is 31.9 Å². The molecule has 1 aromatic carbocycles. The summed E-state index contributed by atoms with van der Waals surface area (Å²) in [4.78, 5) is 6.13. The second-order valence-corrected chi connectivity index (χ2v) is 5.75. The van der Waals surface area contributed by atoms with E-state index in [1.54, 1.807) is 12.1 Å². The molecule has 28 heavy (non-hydrogen) atoms. The first-order valence-corrected chi connectivity index (χ1v) is 8.63. The van der Waals surface area contributed by atoms with Crippen LogP contribution < -0.4 is 19.9 Å². The van der Waals surface area contributed by atoms with Gasteiger partial charge in [-0.05, 0) is 12.1 Å². The second kappa shape index (κ2) is 10.5. The molecule has 0 spiro atoms. The molecular formula is C16H12N4O7S. The molecule has 0 unspecified atom stereocenters. The summed E-state index contributed by atoms with van der Waals surface area (Å²) >= 11 is 0. The molecular weight excluding hydrogens is 392 g/mol. The lowest BCUT2D eigenvalue weighted by Crippen LogP contribution is -2.22. The summed E-state index contributed by atoms with van der Waals surface area (Å²) in [6.07, 6.45) is 0. The molecule has 1 rings (SSSR count). The van der Waals surface area contributed by atoms with Crippen LogP contribution in [-0.2, 0) is 14.6 Å². The van der Waals surface area contributed by atoms with Gasteiger partial charge in [-0.25, -0.2) is 24.4 Å². The number of rotatable bonds is 8. The molecule has 1 aromatic rings. The maximum absolute atomic E-state index is 10.6. The van der Waals surface area contributed by atoms with Gasteiger partial charge in [-0.2, -0.15) is 8.42 Å². The zero-order valence-corrected chi connectivity index (χ0v) is 14.9. The highest BCUT2D eigenvalue weighted by molar-refractivity contribution is 7.80. The van der Waals surface area contributed by atoms with E-state index in [2.05, 4.69) is 13.9 Å². The van der Waals surface area contributed by atoms with Gasteiger partial charge in [0.2, 0.25) is 0 Å². The van der Waals surface area contributed by atoms with Gasteiger partial charge in [-0.3, -0.25) is 4.55 Å². The van der Waals surface area contributed by atoms with Crippen LogP contribution in [0, 0.1) is 35.8 Å². The smallest absolute Gasteiger partial charge is 0.397 e. The van der Waals surface area contributed by atoms with Crippen LogP contribution in [0.1, 0.15) is 0 Å². The Morgan fingerprint density at radius 2 is 1.46 bits per heavy atom. The molecule has 11 nitrogen and oxygen atoms in total. The molecule has 0 heterocycles. The number of nitrogens with zero attached hydrogens (tertiary/aromatic N) is 4. The molecule has 0 aliphatic carbocycles. The van der Waals surface area contributed by atoms with Crippen LogP contribution >= 0.6 is 0 Å². The number of aliphatic hydroxyl groups excluding tert-OH is 1. The Morgan fingerprint density at radius 1 is 1.00 bits per heavy atom. The maximum atomic E-state index is 10.6. The van der Waals surface area contributed by atoms with Gasteiger partial charge in [0.1, 0.15) is 31.3 Å². The highest BCUT2D eigenvalue weighted by Crippen LogP contribution is 2.12. The van der Waals surface area contributed by atoms with E-state index in [0.29, 0.717) is 0 Å². The monoisotopic (exact) mass is 404 g/mol. The van der Waals surface area contributed by atoms with E-state index in [9.17, 15) is 8.42 Å². The summed E-state index contributed by atoms with van der Waals surface area (Å²) in [7, 11) is -4.68. The van der Waals surface area contributed by atoms with Crippen LogP contribution in [-0.4, -0.2) is 44.5 Å². The SMILES string of the molecule is [C-]#[N+]C(C#N)=c1cc(OCCOS(=O)(=O)O)c(=C(C#N)[N+]#[C-])cc1OCCO. The molecule has 144 valence electrons. The van der Waals surface area contributed by atoms with E-state index < -0.39 is 29.3 Å². The Kier molecular flexibility index (Phi) is 8.39. The highest BCUT2D eigenvalue weighted by atomic mass is 32.3. The summed E-state index contributed by atoms with van der Waals surface area (Å²) in [5.41, 5.74) is -0.771. The van der Waals surface area contributed by atoms with Gasteiger partial charge in [0.25, 0.3) is 11.4 Å². The summed E-state index contributed by atoms with van der Waals surface area (Å²) in [5.74, 6) is -0.149. The first-order chi connectivity index (χ1) is 13.3.